The van der Waals surface area contributed by atoms with Crippen molar-refractivity contribution in [3.05, 3.63) is 59.2 Å². The van der Waals surface area contributed by atoms with Gasteiger partial charge >= 0.3 is 0 Å². The highest BCUT2D eigenvalue weighted by Crippen LogP contribution is 2.34. The van der Waals surface area contributed by atoms with E-state index in [-0.39, 0.29) is 0 Å². The predicted molar refractivity (Wildman–Crippen MR) is 116 cm³/mol. The van der Waals surface area contributed by atoms with Crippen molar-refractivity contribution in [3.63, 3.8) is 0 Å². The average Bonchev–Trinajstić information content (AvgIpc) is 2.74. The topological polar surface area (TPSA) is 49.9 Å². The maximum absolute atomic E-state index is 13.1. The summed E-state index contributed by atoms with van der Waals surface area (Å²) in [4.78, 5) is 2.73. The second-order valence-corrected chi connectivity index (χ2v) is 10.00. The van der Waals surface area contributed by atoms with Crippen molar-refractivity contribution in [1.29, 1.82) is 0 Å². The van der Waals surface area contributed by atoms with Gasteiger partial charge in [-0.05, 0) is 49.4 Å². The molecule has 0 saturated carbocycles. The lowest BCUT2D eigenvalue weighted by Crippen LogP contribution is -2.48. The number of rotatable bonds is 5. The molecular formula is C23H30N2O3S. The van der Waals surface area contributed by atoms with E-state index in [9.17, 15) is 8.42 Å². The van der Waals surface area contributed by atoms with Crippen LogP contribution < -0.4 is 4.90 Å². The number of sulfonamides is 1. The number of anilines is 1. The van der Waals surface area contributed by atoms with Crippen molar-refractivity contribution in [2.45, 2.75) is 57.1 Å². The first-order valence-corrected chi connectivity index (χ1v) is 12.0. The second kappa shape index (κ2) is 8.46. The van der Waals surface area contributed by atoms with Crippen molar-refractivity contribution in [2.75, 3.05) is 24.7 Å². The quantitative estimate of drug-likeness (QED) is 0.739. The van der Waals surface area contributed by atoms with Crippen molar-refractivity contribution in [2.24, 2.45) is 0 Å². The van der Waals surface area contributed by atoms with Crippen LogP contribution in [-0.4, -0.2) is 38.6 Å². The minimum Gasteiger partial charge on any atom is -0.356 e. The van der Waals surface area contributed by atoms with Crippen molar-refractivity contribution >= 4 is 15.7 Å². The lowest BCUT2D eigenvalue weighted by molar-refractivity contribution is 0.0986. The molecule has 2 heterocycles. The molecule has 1 saturated heterocycles. The zero-order chi connectivity index (χ0) is 20.4. The zero-order valence-electron chi connectivity index (χ0n) is 17.3. The Morgan fingerprint density at radius 2 is 1.79 bits per heavy atom. The summed E-state index contributed by atoms with van der Waals surface area (Å²) in [5, 5.41) is 0. The third kappa shape index (κ3) is 4.06. The van der Waals surface area contributed by atoms with Crippen LogP contribution >= 0.6 is 0 Å². The maximum Gasteiger partial charge on any atom is 0.243 e. The van der Waals surface area contributed by atoms with Gasteiger partial charge in [0.05, 0.1) is 11.5 Å². The predicted octanol–water partition coefficient (Wildman–Crippen LogP) is 4.09. The molecule has 1 fully saturated rings. The van der Waals surface area contributed by atoms with E-state index in [4.69, 9.17) is 4.74 Å². The highest BCUT2D eigenvalue weighted by molar-refractivity contribution is 7.89. The summed E-state index contributed by atoms with van der Waals surface area (Å²) in [5.41, 5.74) is 4.93. The molecule has 0 radical (unpaired) electrons. The van der Waals surface area contributed by atoms with E-state index in [2.05, 4.69) is 36.9 Å². The smallest absolute Gasteiger partial charge is 0.243 e. The number of piperidine rings is 1. The van der Waals surface area contributed by atoms with Crippen molar-refractivity contribution < 1.29 is 13.2 Å². The van der Waals surface area contributed by atoms with Crippen LogP contribution in [0.5, 0.6) is 0 Å². The first kappa shape index (κ1) is 20.4. The van der Waals surface area contributed by atoms with Crippen LogP contribution in [0.4, 0.5) is 5.69 Å². The van der Waals surface area contributed by atoms with Crippen LogP contribution in [0.3, 0.4) is 0 Å². The number of nitrogens with zero attached hydrogens (tertiary/aromatic N) is 2. The molecule has 6 heteroatoms. The Bertz CT molecular complexity index is 949. The molecule has 0 amide bonds. The molecule has 0 atom stereocenters. The maximum atomic E-state index is 13.1. The molecule has 2 aliphatic rings. The Balaban J connectivity index is 1.46. The largest absolute Gasteiger partial charge is 0.356 e. The Morgan fingerprint density at radius 3 is 2.48 bits per heavy atom. The van der Waals surface area contributed by atoms with Gasteiger partial charge in [0.15, 0.2) is 0 Å². The van der Waals surface area contributed by atoms with Crippen LogP contribution in [0.1, 0.15) is 42.9 Å². The molecule has 0 N–H and O–H groups in total. The summed E-state index contributed by atoms with van der Waals surface area (Å²) in [7, 11) is -3.43. The molecule has 0 unspecified atom stereocenters. The minimum absolute atomic E-state index is 0.300. The molecule has 0 aliphatic carbocycles. The highest BCUT2D eigenvalue weighted by atomic mass is 32.2. The number of fused-ring (bicyclic) bond motifs is 1. The van der Waals surface area contributed by atoms with Crippen LogP contribution in [0, 0.1) is 6.92 Å². The molecular weight excluding hydrogens is 384 g/mol. The molecule has 2 aromatic carbocycles. The van der Waals surface area contributed by atoms with E-state index < -0.39 is 10.0 Å². The summed E-state index contributed by atoms with van der Waals surface area (Å²) >= 11 is 0. The first-order valence-electron chi connectivity index (χ1n) is 10.5. The average molecular weight is 415 g/mol. The lowest BCUT2D eigenvalue weighted by Gasteiger charge is -2.42. The standard InChI is InChI=1S/C23H30N2O3S/c1-3-5-19-8-10-22(11-9-19)29(26,27)24-14-12-21(13-15-24)25-17-28-16-20-7-4-6-18(2)23(20)25/h4,6-11,21H,3,5,12-17H2,1-2H3. The summed E-state index contributed by atoms with van der Waals surface area (Å²) in [6.07, 6.45) is 3.65. The molecule has 29 heavy (non-hydrogen) atoms. The van der Waals surface area contributed by atoms with Gasteiger partial charge in [0.1, 0.15) is 6.73 Å². The fourth-order valence-electron chi connectivity index (χ4n) is 4.51. The molecule has 2 aliphatic heterocycles. The van der Waals surface area contributed by atoms with E-state index in [1.165, 1.54) is 22.4 Å². The molecule has 156 valence electrons. The summed E-state index contributed by atoms with van der Waals surface area (Å²) < 4.78 is 33.6. The highest BCUT2D eigenvalue weighted by Gasteiger charge is 2.33. The van der Waals surface area contributed by atoms with E-state index >= 15 is 0 Å². The van der Waals surface area contributed by atoms with E-state index in [1.807, 2.05) is 12.1 Å². The first-order chi connectivity index (χ1) is 14.0. The third-order valence-electron chi connectivity index (χ3n) is 6.06. The van der Waals surface area contributed by atoms with Gasteiger partial charge in [-0.1, -0.05) is 43.7 Å². The Labute approximate surface area is 174 Å². The Hall–Kier alpha value is -1.89. The number of aryl methyl sites for hydroxylation is 2. The number of ether oxygens (including phenoxy) is 1. The molecule has 0 aromatic heterocycles. The molecule has 0 bridgehead atoms. The number of benzene rings is 2. The third-order valence-corrected chi connectivity index (χ3v) is 7.97. The van der Waals surface area contributed by atoms with E-state index in [1.54, 1.807) is 16.4 Å². The van der Waals surface area contributed by atoms with Crippen LogP contribution in [0.25, 0.3) is 0 Å². The molecule has 4 rings (SSSR count). The fourth-order valence-corrected chi connectivity index (χ4v) is 5.98. The normalized spacial score (nSPS) is 18.6. The van der Waals surface area contributed by atoms with Gasteiger partial charge in [0.2, 0.25) is 10.0 Å². The number of hydrogen-bond acceptors (Lipinski definition) is 4. The van der Waals surface area contributed by atoms with E-state index in [0.29, 0.717) is 37.4 Å². The number of para-hydroxylation sites is 1. The van der Waals surface area contributed by atoms with Gasteiger partial charge in [-0.2, -0.15) is 4.31 Å². The van der Waals surface area contributed by atoms with Crippen molar-refractivity contribution in [1.82, 2.24) is 4.31 Å². The fraction of sp³-hybridized carbons (Fsp3) is 0.478. The SMILES string of the molecule is CCCc1ccc(S(=O)(=O)N2CCC(N3COCc4cccc(C)c43)CC2)cc1. The summed E-state index contributed by atoms with van der Waals surface area (Å²) in [6.45, 7) is 6.58. The molecule has 5 nitrogen and oxygen atoms in total. The monoisotopic (exact) mass is 414 g/mol. The Kier molecular flexibility index (Phi) is 5.95. The minimum atomic E-state index is -3.43. The van der Waals surface area contributed by atoms with Crippen LogP contribution in [-0.2, 0) is 27.8 Å². The van der Waals surface area contributed by atoms with Gasteiger partial charge in [-0.25, -0.2) is 8.42 Å². The molecule has 2 aromatic rings. The summed E-state index contributed by atoms with van der Waals surface area (Å²) in [5.74, 6) is 0. The van der Waals surface area contributed by atoms with Crippen molar-refractivity contribution in [3.8, 4) is 0 Å². The van der Waals surface area contributed by atoms with Crippen LogP contribution in [0.15, 0.2) is 47.4 Å². The zero-order valence-corrected chi connectivity index (χ0v) is 18.1. The van der Waals surface area contributed by atoms with Gasteiger partial charge in [0, 0.05) is 30.4 Å². The van der Waals surface area contributed by atoms with Gasteiger partial charge < -0.3 is 9.64 Å². The molecule has 0 spiro atoms. The number of hydrogen-bond donors (Lipinski definition) is 0. The lowest BCUT2D eigenvalue weighted by atomic mass is 10.00. The summed E-state index contributed by atoms with van der Waals surface area (Å²) in [6, 6.07) is 14.0. The van der Waals surface area contributed by atoms with Gasteiger partial charge in [0.25, 0.3) is 0 Å². The van der Waals surface area contributed by atoms with Crippen LogP contribution in [0.2, 0.25) is 0 Å². The second-order valence-electron chi connectivity index (χ2n) is 8.06. The Morgan fingerprint density at radius 1 is 1.07 bits per heavy atom. The van der Waals surface area contributed by atoms with Gasteiger partial charge in [-0.15, -0.1) is 0 Å². The van der Waals surface area contributed by atoms with Gasteiger partial charge in [-0.3, -0.25) is 0 Å². The van der Waals surface area contributed by atoms with E-state index in [0.717, 1.165) is 25.7 Å².